The van der Waals surface area contributed by atoms with E-state index in [1.165, 1.54) is 30.4 Å². The molecular formula is C18H19Cl2N. The highest BCUT2D eigenvalue weighted by Gasteiger charge is 2.24. The first-order valence-corrected chi connectivity index (χ1v) is 8.19. The standard InChI is InChI=1S/C18H19Cl2N/c19-14-9-8-13(17(20)11-14)10-18(21)16-7-2-1-6-15(16)12-4-3-5-12/h1-2,6-9,11-12,18H,3-5,10,21H2. The van der Waals surface area contributed by atoms with Crippen LogP contribution in [0.2, 0.25) is 10.0 Å². The van der Waals surface area contributed by atoms with E-state index in [1.54, 1.807) is 6.07 Å². The third-order valence-corrected chi connectivity index (χ3v) is 4.98. The normalized spacial score (nSPS) is 16.5. The molecule has 2 N–H and O–H groups in total. The van der Waals surface area contributed by atoms with E-state index in [0.29, 0.717) is 16.0 Å². The van der Waals surface area contributed by atoms with Gasteiger partial charge in [-0.25, -0.2) is 0 Å². The Kier molecular flexibility index (Phi) is 4.54. The first kappa shape index (κ1) is 14.9. The van der Waals surface area contributed by atoms with Gasteiger partial charge in [-0.2, -0.15) is 0 Å². The second-order valence-corrected chi connectivity index (χ2v) is 6.65. The third kappa shape index (κ3) is 3.26. The van der Waals surface area contributed by atoms with Crippen molar-refractivity contribution in [2.24, 2.45) is 5.73 Å². The van der Waals surface area contributed by atoms with E-state index < -0.39 is 0 Å². The summed E-state index contributed by atoms with van der Waals surface area (Å²) in [5.74, 6) is 0.688. The van der Waals surface area contributed by atoms with Gasteiger partial charge in [0, 0.05) is 16.1 Å². The molecule has 2 aromatic carbocycles. The largest absolute Gasteiger partial charge is 0.324 e. The van der Waals surface area contributed by atoms with Crippen molar-refractivity contribution >= 4 is 23.2 Å². The lowest BCUT2D eigenvalue weighted by molar-refractivity contribution is 0.415. The summed E-state index contributed by atoms with van der Waals surface area (Å²) in [4.78, 5) is 0. The molecule has 0 heterocycles. The maximum Gasteiger partial charge on any atom is 0.0453 e. The third-order valence-electron chi connectivity index (χ3n) is 4.40. The van der Waals surface area contributed by atoms with E-state index in [2.05, 4.69) is 24.3 Å². The van der Waals surface area contributed by atoms with Crippen LogP contribution in [-0.2, 0) is 6.42 Å². The van der Waals surface area contributed by atoms with Gasteiger partial charge in [0.15, 0.2) is 0 Å². The lowest BCUT2D eigenvalue weighted by atomic mass is 9.77. The van der Waals surface area contributed by atoms with Crippen LogP contribution in [0, 0.1) is 0 Å². The minimum Gasteiger partial charge on any atom is -0.324 e. The van der Waals surface area contributed by atoms with Gasteiger partial charge in [-0.15, -0.1) is 0 Å². The van der Waals surface area contributed by atoms with Crippen molar-refractivity contribution in [3.05, 3.63) is 69.2 Å². The molecule has 2 aromatic rings. The van der Waals surface area contributed by atoms with Gasteiger partial charge in [-0.05, 0) is 54.0 Å². The van der Waals surface area contributed by atoms with Gasteiger partial charge in [-0.3, -0.25) is 0 Å². The molecule has 0 radical (unpaired) electrons. The molecule has 1 nitrogen and oxygen atoms in total. The second kappa shape index (κ2) is 6.39. The zero-order valence-electron chi connectivity index (χ0n) is 11.9. The fourth-order valence-corrected chi connectivity index (χ4v) is 3.46. The van der Waals surface area contributed by atoms with Crippen LogP contribution in [0.3, 0.4) is 0 Å². The summed E-state index contributed by atoms with van der Waals surface area (Å²) < 4.78 is 0. The Morgan fingerprint density at radius 2 is 1.86 bits per heavy atom. The summed E-state index contributed by atoms with van der Waals surface area (Å²) in [7, 11) is 0. The van der Waals surface area contributed by atoms with E-state index in [9.17, 15) is 0 Å². The van der Waals surface area contributed by atoms with Gasteiger partial charge in [0.25, 0.3) is 0 Å². The van der Waals surface area contributed by atoms with Crippen LogP contribution in [-0.4, -0.2) is 0 Å². The summed E-state index contributed by atoms with van der Waals surface area (Å²) in [6, 6.07) is 14.2. The van der Waals surface area contributed by atoms with Gasteiger partial charge < -0.3 is 5.73 Å². The molecule has 1 unspecified atom stereocenters. The molecule has 1 aliphatic rings. The molecule has 1 atom stereocenters. The van der Waals surface area contributed by atoms with Crippen LogP contribution in [0.25, 0.3) is 0 Å². The van der Waals surface area contributed by atoms with Crippen molar-refractivity contribution < 1.29 is 0 Å². The quantitative estimate of drug-likeness (QED) is 0.790. The Morgan fingerprint density at radius 3 is 2.52 bits per heavy atom. The Bertz CT molecular complexity index is 635. The fourth-order valence-electron chi connectivity index (χ4n) is 2.97. The Morgan fingerprint density at radius 1 is 1.10 bits per heavy atom. The molecule has 0 spiro atoms. The molecule has 21 heavy (non-hydrogen) atoms. The minimum absolute atomic E-state index is 0.0273. The van der Waals surface area contributed by atoms with Crippen LogP contribution in [0.5, 0.6) is 0 Å². The first-order chi connectivity index (χ1) is 10.1. The predicted octanol–water partition coefficient (Wildman–Crippen LogP) is 5.50. The van der Waals surface area contributed by atoms with Crippen molar-refractivity contribution in [1.29, 1.82) is 0 Å². The monoisotopic (exact) mass is 319 g/mol. The lowest BCUT2D eigenvalue weighted by Gasteiger charge is -2.29. The lowest BCUT2D eigenvalue weighted by Crippen LogP contribution is -2.19. The van der Waals surface area contributed by atoms with Crippen LogP contribution in [0.4, 0.5) is 0 Å². The minimum atomic E-state index is -0.0273. The maximum absolute atomic E-state index is 6.46. The zero-order chi connectivity index (χ0) is 14.8. The van der Waals surface area contributed by atoms with Crippen LogP contribution < -0.4 is 5.73 Å². The van der Waals surface area contributed by atoms with Gasteiger partial charge in [-0.1, -0.05) is 60.0 Å². The average Bonchev–Trinajstić information content (AvgIpc) is 2.40. The number of halogens is 2. The Hall–Kier alpha value is -1.02. The summed E-state index contributed by atoms with van der Waals surface area (Å²) in [6.45, 7) is 0. The number of rotatable bonds is 4. The zero-order valence-corrected chi connectivity index (χ0v) is 13.4. The molecule has 3 rings (SSSR count). The van der Waals surface area contributed by atoms with Gasteiger partial charge in [0.05, 0.1) is 0 Å². The van der Waals surface area contributed by atoms with Gasteiger partial charge in [0.2, 0.25) is 0 Å². The first-order valence-electron chi connectivity index (χ1n) is 7.43. The molecule has 1 saturated carbocycles. The summed E-state index contributed by atoms with van der Waals surface area (Å²) in [5.41, 5.74) is 10.2. The van der Waals surface area contributed by atoms with Crippen molar-refractivity contribution in [2.75, 3.05) is 0 Å². The molecule has 1 fully saturated rings. The van der Waals surface area contributed by atoms with Gasteiger partial charge in [0.1, 0.15) is 0 Å². The molecule has 110 valence electrons. The van der Waals surface area contributed by atoms with Crippen molar-refractivity contribution in [3.8, 4) is 0 Å². The number of nitrogens with two attached hydrogens (primary N) is 1. The molecule has 0 bridgehead atoms. The van der Waals surface area contributed by atoms with Crippen LogP contribution >= 0.6 is 23.2 Å². The highest BCUT2D eigenvalue weighted by atomic mass is 35.5. The van der Waals surface area contributed by atoms with E-state index in [4.69, 9.17) is 28.9 Å². The predicted molar refractivity (Wildman–Crippen MR) is 90.1 cm³/mol. The van der Waals surface area contributed by atoms with E-state index in [1.807, 2.05) is 12.1 Å². The van der Waals surface area contributed by atoms with E-state index in [0.717, 1.165) is 12.0 Å². The molecule has 0 aliphatic heterocycles. The van der Waals surface area contributed by atoms with Gasteiger partial charge >= 0.3 is 0 Å². The number of hydrogen-bond acceptors (Lipinski definition) is 1. The maximum atomic E-state index is 6.46. The van der Waals surface area contributed by atoms with Crippen molar-refractivity contribution in [3.63, 3.8) is 0 Å². The summed E-state index contributed by atoms with van der Waals surface area (Å²) in [6.07, 6.45) is 4.63. The number of hydrogen-bond donors (Lipinski definition) is 1. The topological polar surface area (TPSA) is 26.0 Å². The Balaban J connectivity index is 1.83. The smallest absolute Gasteiger partial charge is 0.0453 e. The van der Waals surface area contributed by atoms with E-state index >= 15 is 0 Å². The number of benzene rings is 2. The Labute approximate surface area is 136 Å². The molecule has 1 aliphatic carbocycles. The fraction of sp³-hybridized carbons (Fsp3) is 0.333. The molecule has 0 amide bonds. The summed E-state index contributed by atoms with van der Waals surface area (Å²) >= 11 is 12.2. The average molecular weight is 320 g/mol. The van der Waals surface area contributed by atoms with E-state index in [-0.39, 0.29) is 6.04 Å². The molecule has 0 saturated heterocycles. The molecular weight excluding hydrogens is 301 g/mol. The summed E-state index contributed by atoms with van der Waals surface area (Å²) in [5, 5.41) is 1.35. The molecule has 3 heteroatoms. The highest BCUT2D eigenvalue weighted by molar-refractivity contribution is 6.35. The SMILES string of the molecule is NC(Cc1ccc(Cl)cc1Cl)c1ccccc1C1CCC1. The van der Waals surface area contributed by atoms with Crippen molar-refractivity contribution in [1.82, 2.24) is 0 Å². The van der Waals surface area contributed by atoms with Crippen LogP contribution in [0.1, 0.15) is 47.9 Å². The van der Waals surface area contributed by atoms with Crippen molar-refractivity contribution in [2.45, 2.75) is 37.6 Å². The van der Waals surface area contributed by atoms with Crippen LogP contribution in [0.15, 0.2) is 42.5 Å². The highest BCUT2D eigenvalue weighted by Crippen LogP contribution is 2.39. The molecule has 0 aromatic heterocycles. The second-order valence-electron chi connectivity index (χ2n) is 5.80.